The van der Waals surface area contributed by atoms with Crippen LogP contribution in [0.1, 0.15) is 49.4 Å². The molecule has 0 bridgehead atoms. The van der Waals surface area contributed by atoms with Crippen LogP contribution < -0.4 is 29.3 Å². The number of allylic oxidation sites excluding steroid dienone is 1. The molecule has 0 saturated carbocycles. The third-order valence-corrected chi connectivity index (χ3v) is 8.99. The molecule has 0 fully saturated rings. The highest BCUT2D eigenvalue weighted by Crippen LogP contribution is 2.40. The van der Waals surface area contributed by atoms with Gasteiger partial charge in [-0.1, -0.05) is 73.2 Å². The Bertz CT molecular complexity index is 2010. The minimum absolute atomic E-state index is 0.154. The van der Waals surface area contributed by atoms with Crippen LogP contribution in [-0.2, 0) is 20.9 Å². The number of carbonyl (C=O) groups excluding carboxylic acids is 2. The fraction of sp³-hybridized carbons (Fsp3) is 0.257. The largest absolute Gasteiger partial charge is 0.497 e. The number of benzene rings is 3. The van der Waals surface area contributed by atoms with Crippen molar-refractivity contribution in [3.05, 3.63) is 120 Å². The predicted molar refractivity (Wildman–Crippen MR) is 172 cm³/mol. The smallest absolute Gasteiger partial charge is 0.338 e. The summed E-state index contributed by atoms with van der Waals surface area (Å²) in [4.78, 5) is 49.4. The Labute approximate surface area is 264 Å². The molecule has 1 aromatic heterocycles. The summed E-state index contributed by atoms with van der Waals surface area (Å²) in [6, 6.07) is 21.6. The lowest BCUT2D eigenvalue weighted by atomic mass is 9.93. The fourth-order valence-corrected chi connectivity index (χ4v) is 7.05. The number of para-hydroxylation sites is 1. The van der Waals surface area contributed by atoms with E-state index >= 15 is 0 Å². The number of hydrogen-bond acceptors (Lipinski definition) is 8. The lowest BCUT2D eigenvalue weighted by molar-refractivity contribution is -0.139. The van der Waals surface area contributed by atoms with Crippen molar-refractivity contribution >= 4 is 34.5 Å². The second-order valence-corrected chi connectivity index (χ2v) is 11.6. The molecule has 3 aromatic carbocycles. The van der Waals surface area contributed by atoms with Crippen molar-refractivity contribution in [2.75, 3.05) is 25.7 Å². The molecule has 230 valence electrons. The molecule has 2 aliphatic rings. The standard InChI is InChI=1S/C35H33N3O6S/c1-5-12-25-29(34(41)44-6-2)30(24-19-22(42-3)17-18-27(24)43-4)38-33(40)31(45-35(38)36-25)28-23-15-10-11-16-26(23)37(32(28)39)20-21-13-8-7-9-14-21/h7-11,13-19,30H,5-6,12,20H2,1-4H3/b31-28+/t30-/m1/s1. The number of aromatic nitrogens is 1. The van der Waals surface area contributed by atoms with Crippen molar-refractivity contribution in [2.45, 2.75) is 39.3 Å². The summed E-state index contributed by atoms with van der Waals surface area (Å²) in [5, 5.41) is 0. The zero-order valence-electron chi connectivity index (χ0n) is 25.5. The van der Waals surface area contributed by atoms with E-state index in [-0.39, 0.29) is 22.6 Å². The second-order valence-electron chi connectivity index (χ2n) is 10.6. The summed E-state index contributed by atoms with van der Waals surface area (Å²) in [6.07, 6.45) is 1.20. The van der Waals surface area contributed by atoms with Crippen LogP contribution in [0.4, 0.5) is 5.69 Å². The molecule has 2 aliphatic heterocycles. The Morgan fingerprint density at radius 2 is 1.71 bits per heavy atom. The quantitative estimate of drug-likeness (QED) is 0.255. The average Bonchev–Trinajstić information content (AvgIpc) is 3.52. The predicted octanol–water partition coefficient (Wildman–Crippen LogP) is 4.51. The van der Waals surface area contributed by atoms with E-state index < -0.39 is 17.6 Å². The van der Waals surface area contributed by atoms with Gasteiger partial charge < -0.3 is 19.1 Å². The topological polar surface area (TPSA) is 99.4 Å². The maximum Gasteiger partial charge on any atom is 0.338 e. The van der Waals surface area contributed by atoms with Gasteiger partial charge in [-0.05, 0) is 43.2 Å². The first-order chi connectivity index (χ1) is 21.9. The molecule has 0 aliphatic carbocycles. The Hall–Kier alpha value is -4.96. The zero-order chi connectivity index (χ0) is 31.7. The van der Waals surface area contributed by atoms with Crippen LogP contribution in [0.2, 0.25) is 0 Å². The highest BCUT2D eigenvalue weighted by molar-refractivity contribution is 7.07. The summed E-state index contributed by atoms with van der Waals surface area (Å²) in [7, 11) is 3.08. The van der Waals surface area contributed by atoms with Crippen molar-refractivity contribution in [1.29, 1.82) is 0 Å². The van der Waals surface area contributed by atoms with Crippen LogP contribution in [0, 0.1) is 0 Å². The van der Waals surface area contributed by atoms with Crippen molar-refractivity contribution in [3.8, 4) is 11.5 Å². The van der Waals surface area contributed by atoms with Crippen LogP contribution in [-0.4, -0.2) is 37.3 Å². The molecule has 0 radical (unpaired) electrons. The number of anilines is 1. The average molecular weight is 624 g/mol. The van der Waals surface area contributed by atoms with Gasteiger partial charge >= 0.3 is 5.97 Å². The third kappa shape index (κ3) is 5.25. The van der Waals surface area contributed by atoms with Gasteiger partial charge in [0.25, 0.3) is 11.5 Å². The molecule has 1 amide bonds. The number of nitrogens with zero attached hydrogens (tertiary/aromatic N) is 3. The molecule has 0 spiro atoms. The van der Waals surface area contributed by atoms with Crippen LogP contribution in [0.3, 0.4) is 0 Å². The molecule has 3 heterocycles. The summed E-state index contributed by atoms with van der Waals surface area (Å²) < 4.78 is 18.5. The monoisotopic (exact) mass is 623 g/mol. The first-order valence-corrected chi connectivity index (χ1v) is 15.6. The number of hydrogen-bond donors (Lipinski definition) is 0. The Morgan fingerprint density at radius 1 is 0.956 bits per heavy atom. The highest BCUT2D eigenvalue weighted by atomic mass is 32.1. The molecule has 1 atom stereocenters. The van der Waals surface area contributed by atoms with E-state index in [1.807, 2.05) is 61.5 Å². The van der Waals surface area contributed by atoms with Crippen molar-refractivity contribution in [1.82, 2.24) is 4.57 Å². The number of ether oxygens (including phenoxy) is 3. The van der Waals surface area contributed by atoms with E-state index in [0.29, 0.717) is 58.1 Å². The molecule has 9 nitrogen and oxygen atoms in total. The maximum absolute atomic E-state index is 14.6. The highest BCUT2D eigenvalue weighted by Gasteiger charge is 2.39. The fourth-order valence-electron chi connectivity index (χ4n) is 5.94. The SMILES string of the molecule is CCCC1=C(C(=O)OCC)[C@@H](c2cc(OC)ccc2OC)n2c(s/c(=C3/C(=O)N(Cc4ccccc4)c4ccccc43)c2=O)=N1. The van der Waals surface area contributed by atoms with Gasteiger partial charge in [0.2, 0.25) is 0 Å². The van der Waals surface area contributed by atoms with Crippen molar-refractivity contribution in [2.24, 2.45) is 4.99 Å². The molecule has 0 saturated heterocycles. The van der Waals surface area contributed by atoms with Gasteiger partial charge in [-0.3, -0.25) is 14.2 Å². The van der Waals surface area contributed by atoms with Gasteiger partial charge in [0.15, 0.2) is 4.80 Å². The summed E-state index contributed by atoms with van der Waals surface area (Å²) in [6.45, 7) is 4.25. The Balaban J connectivity index is 1.64. The van der Waals surface area contributed by atoms with Gasteiger partial charge in [-0.15, -0.1) is 0 Å². The van der Waals surface area contributed by atoms with Gasteiger partial charge in [0.05, 0.1) is 49.9 Å². The number of methoxy groups -OCH3 is 2. The number of esters is 1. The van der Waals surface area contributed by atoms with Crippen molar-refractivity contribution in [3.63, 3.8) is 0 Å². The van der Waals surface area contributed by atoms with E-state index in [1.54, 1.807) is 37.1 Å². The molecule has 10 heteroatoms. The third-order valence-electron chi connectivity index (χ3n) is 7.93. The molecule has 0 N–H and O–H groups in total. The second kappa shape index (κ2) is 12.6. The Morgan fingerprint density at radius 3 is 2.42 bits per heavy atom. The number of carbonyl (C=O) groups is 2. The number of rotatable bonds is 9. The lowest BCUT2D eigenvalue weighted by Gasteiger charge is -2.27. The molecule has 4 aromatic rings. The first kappa shape index (κ1) is 30.1. The minimum atomic E-state index is -0.923. The van der Waals surface area contributed by atoms with E-state index in [0.717, 1.165) is 22.6 Å². The number of fused-ring (bicyclic) bond motifs is 2. The maximum atomic E-state index is 14.6. The first-order valence-electron chi connectivity index (χ1n) is 14.8. The number of amides is 1. The van der Waals surface area contributed by atoms with E-state index in [4.69, 9.17) is 19.2 Å². The van der Waals surface area contributed by atoms with Crippen LogP contribution in [0.15, 0.2) is 93.9 Å². The molecule has 0 unspecified atom stereocenters. The number of thiazole rings is 1. The lowest BCUT2D eigenvalue weighted by Crippen LogP contribution is -2.41. The normalized spacial score (nSPS) is 16.7. The van der Waals surface area contributed by atoms with Crippen molar-refractivity contribution < 1.29 is 23.8 Å². The molecular formula is C35H33N3O6S. The van der Waals surface area contributed by atoms with Crippen LogP contribution >= 0.6 is 11.3 Å². The van der Waals surface area contributed by atoms with E-state index in [2.05, 4.69) is 0 Å². The molecule has 45 heavy (non-hydrogen) atoms. The molecule has 6 rings (SSSR count). The van der Waals surface area contributed by atoms with E-state index in [1.165, 1.54) is 11.7 Å². The minimum Gasteiger partial charge on any atom is -0.497 e. The summed E-state index contributed by atoms with van der Waals surface area (Å²) in [5.74, 6) is 0.174. The van der Waals surface area contributed by atoms with Gasteiger partial charge in [-0.2, -0.15) is 0 Å². The van der Waals surface area contributed by atoms with Gasteiger partial charge in [0, 0.05) is 11.1 Å². The summed E-state index contributed by atoms with van der Waals surface area (Å²) in [5.41, 5.74) is 3.62. The molecular weight excluding hydrogens is 590 g/mol. The van der Waals surface area contributed by atoms with Crippen LogP contribution in [0.5, 0.6) is 11.5 Å². The zero-order valence-corrected chi connectivity index (χ0v) is 26.3. The van der Waals surface area contributed by atoms with Gasteiger partial charge in [0.1, 0.15) is 22.1 Å². The summed E-state index contributed by atoms with van der Waals surface area (Å²) >= 11 is 1.15. The van der Waals surface area contributed by atoms with E-state index in [9.17, 15) is 14.4 Å². The Kier molecular flexibility index (Phi) is 8.40. The van der Waals surface area contributed by atoms with Gasteiger partial charge in [-0.25, -0.2) is 9.79 Å². The van der Waals surface area contributed by atoms with Crippen LogP contribution in [0.25, 0.3) is 5.57 Å².